The smallest absolute Gasteiger partial charge is 0.174 e. The second kappa shape index (κ2) is 6.65. The second-order valence-corrected chi connectivity index (χ2v) is 6.84. The molecule has 0 amide bonds. The highest BCUT2D eigenvalue weighted by molar-refractivity contribution is 6.04. The van der Waals surface area contributed by atoms with Crippen molar-refractivity contribution in [1.82, 2.24) is 0 Å². The van der Waals surface area contributed by atoms with Gasteiger partial charge in [0.15, 0.2) is 11.9 Å². The van der Waals surface area contributed by atoms with Crippen molar-refractivity contribution in [3.63, 3.8) is 0 Å². The number of para-hydroxylation sites is 1. The van der Waals surface area contributed by atoms with Crippen molar-refractivity contribution in [2.75, 3.05) is 0 Å². The number of rotatable bonds is 6. The molecule has 4 nitrogen and oxygen atoms in total. The van der Waals surface area contributed by atoms with Gasteiger partial charge in [0.05, 0.1) is 5.92 Å². The lowest BCUT2D eigenvalue weighted by molar-refractivity contribution is -0.138. The van der Waals surface area contributed by atoms with Gasteiger partial charge in [-0.05, 0) is 24.0 Å². The molecule has 2 unspecified atom stereocenters. The summed E-state index contributed by atoms with van der Waals surface area (Å²) in [5.41, 5.74) is 0.896. The average Bonchev–Trinajstić information content (AvgIpc) is 2.50. The molecule has 2 atom stereocenters. The topological polar surface area (TPSA) is 60.4 Å². The lowest BCUT2D eigenvalue weighted by Crippen LogP contribution is -2.41. The first-order valence-electron chi connectivity index (χ1n) is 8.08. The van der Waals surface area contributed by atoms with Gasteiger partial charge < -0.3 is 4.74 Å². The van der Waals surface area contributed by atoms with Crippen molar-refractivity contribution >= 4 is 17.3 Å². The largest absolute Gasteiger partial charge is 0.482 e. The molecule has 1 heterocycles. The van der Waals surface area contributed by atoms with Gasteiger partial charge in [-0.25, -0.2) is 0 Å². The van der Waals surface area contributed by atoms with E-state index in [-0.39, 0.29) is 35.6 Å². The monoisotopic (exact) mass is 316 g/mol. The van der Waals surface area contributed by atoms with Gasteiger partial charge in [0.25, 0.3) is 0 Å². The molecule has 0 spiro atoms. The number of carbonyl (C=O) groups excluding carboxylic acids is 3. The number of hydrogen-bond acceptors (Lipinski definition) is 4. The Morgan fingerprint density at radius 1 is 1.26 bits per heavy atom. The maximum absolute atomic E-state index is 12.6. The van der Waals surface area contributed by atoms with Gasteiger partial charge in [0.2, 0.25) is 0 Å². The minimum atomic E-state index is -0.837. The quantitative estimate of drug-likeness (QED) is 0.756. The van der Waals surface area contributed by atoms with E-state index in [0.29, 0.717) is 12.2 Å². The average molecular weight is 316 g/mol. The number of ether oxygens (including phenoxy) is 1. The summed E-state index contributed by atoms with van der Waals surface area (Å²) in [6, 6.07) is 7.70. The summed E-state index contributed by atoms with van der Waals surface area (Å²) in [6.07, 6.45) is 0.141. The van der Waals surface area contributed by atoms with E-state index >= 15 is 0 Å². The predicted molar refractivity (Wildman–Crippen MR) is 87.6 cm³/mol. The van der Waals surface area contributed by atoms with Gasteiger partial charge in [0.1, 0.15) is 17.3 Å². The van der Waals surface area contributed by atoms with Crippen molar-refractivity contribution in [3.05, 3.63) is 29.8 Å². The number of hydrogen-bond donors (Lipinski definition) is 0. The molecule has 0 fully saturated rings. The van der Waals surface area contributed by atoms with Crippen LogP contribution in [0, 0.1) is 5.92 Å². The molecule has 0 radical (unpaired) electrons. The van der Waals surface area contributed by atoms with Crippen LogP contribution in [0.5, 0.6) is 5.75 Å². The van der Waals surface area contributed by atoms with E-state index in [1.54, 1.807) is 6.92 Å². The van der Waals surface area contributed by atoms with Crippen molar-refractivity contribution in [2.45, 2.75) is 58.5 Å². The van der Waals surface area contributed by atoms with Gasteiger partial charge in [0, 0.05) is 19.3 Å². The normalized spacial score (nSPS) is 20.1. The van der Waals surface area contributed by atoms with Gasteiger partial charge in [-0.2, -0.15) is 0 Å². The molecule has 2 rings (SSSR count). The minimum absolute atomic E-state index is 0.0646. The van der Waals surface area contributed by atoms with Crippen LogP contribution in [0.1, 0.15) is 52.5 Å². The molecule has 0 aromatic heterocycles. The maximum atomic E-state index is 12.6. The molecule has 23 heavy (non-hydrogen) atoms. The Balaban J connectivity index is 2.18. The van der Waals surface area contributed by atoms with Crippen molar-refractivity contribution in [1.29, 1.82) is 0 Å². The fourth-order valence-corrected chi connectivity index (χ4v) is 3.14. The number of Topliss-reactive ketones (excluding diaryl/α,β-unsaturated/α-hetero) is 3. The van der Waals surface area contributed by atoms with Crippen molar-refractivity contribution in [3.8, 4) is 5.75 Å². The van der Waals surface area contributed by atoms with E-state index in [1.807, 2.05) is 24.3 Å². The van der Waals surface area contributed by atoms with Crippen molar-refractivity contribution < 1.29 is 19.1 Å². The lowest BCUT2D eigenvalue weighted by atomic mass is 9.76. The summed E-state index contributed by atoms with van der Waals surface area (Å²) in [7, 11) is 0. The zero-order chi connectivity index (χ0) is 17.2. The highest BCUT2D eigenvalue weighted by atomic mass is 16.5. The van der Waals surface area contributed by atoms with Crippen LogP contribution in [-0.4, -0.2) is 23.5 Å². The summed E-state index contributed by atoms with van der Waals surface area (Å²) < 4.78 is 5.85. The van der Waals surface area contributed by atoms with E-state index in [2.05, 4.69) is 13.8 Å². The predicted octanol–water partition coefficient (Wildman–Crippen LogP) is 3.26. The molecule has 1 aliphatic heterocycles. The molecule has 1 aliphatic rings. The van der Waals surface area contributed by atoms with E-state index in [4.69, 9.17) is 4.74 Å². The summed E-state index contributed by atoms with van der Waals surface area (Å²) >= 11 is 0. The summed E-state index contributed by atoms with van der Waals surface area (Å²) in [5.74, 6) is -0.726. The Kier molecular flexibility index (Phi) is 5.03. The van der Waals surface area contributed by atoms with E-state index in [9.17, 15) is 14.4 Å². The van der Waals surface area contributed by atoms with Crippen LogP contribution in [0.15, 0.2) is 24.3 Å². The fraction of sp³-hybridized carbons (Fsp3) is 0.526. The molecule has 0 saturated heterocycles. The Morgan fingerprint density at radius 2 is 1.91 bits per heavy atom. The van der Waals surface area contributed by atoms with Crippen molar-refractivity contribution in [2.24, 2.45) is 5.92 Å². The zero-order valence-corrected chi connectivity index (χ0v) is 14.2. The Hall–Kier alpha value is -1.97. The molecular formula is C19H24O4. The first-order chi connectivity index (χ1) is 10.8. The van der Waals surface area contributed by atoms with Gasteiger partial charge in [-0.3, -0.25) is 14.4 Å². The first kappa shape index (κ1) is 17.4. The molecule has 1 aromatic rings. The van der Waals surface area contributed by atoms with E-state index < -0.39 is 12.0 Å². The van der Waals surface area contributed by atoms with Gasteiger partial charge in [-0.1, -0.05) is 39.0 Å². The molecule has 0 aliphatic carbocycles. The SMILES string of the molecule is CCC(=O)C(CC(=O)C1CC(C)(C)c2ccccc2O1)C(C)=O. The van der Waals surface area contributed by atoms with Crippen LogP contribution >= 0.6 is 0 Å². The molecule has 124 valence electrons. The molecule has 1 aromatic carbocycles. The lowest BCUT2D eigenvalue weighted by Gasteiger charge is -2.37. The summed E-state index contributed by atoms with van der Waals surface area (Å²) in [4.78, 5) is 36.2. The summed E-state index contributed by atoms with van der Waals surface area (Å²) in [5, 5.41) is 0. The highest BCUT2D eigenvalue weighted by Crippen LogP contribution is 2.41. The van der Waals surface area contributed by atoms with Crippen LogP contribution < -0.4 is 4.74 Å². The standard InChI is InChI=1S/C19H24O4/c1-5-15(21)13(12(2)20)10-16(22)18-11-19(3,4)14-8-6-7-9-17(14)23-18/h6-9,13,18H,5,10-11H2,1-4H3. The molecule has 0 N–H and O–H groups in total. The van der Waals surface area contributed by atoms with Crippen LogP contribution in [0.3, 0.4) is 0 Å². The number of fused-ring (bicyclic) bond motifs is 1. The minimum Gasteiger partial charge on any atom is -0.482 e. The van der Waals surface area contributed by atoms with Crippen LogP contribution in [0.2, 0.25) is 0 Å². The highest BCUT2D eigenvalue weighted by Gasteiger charge is 2.38. The number of benzene rings is 1. The first-order valence-corrected chi connectivity index (χ1v) is 8.08. The van der Waals surface area contributed by atoms with E-state index in [1.165, 1.54) is 6.92 Å². The summed E-state index contributed by atoms with van der Waals surface area (Å²) in [6.45, 7) is 7.23. The van der Waals surface area contributed by atoms with Crippen LogP contribution in [-0.2, 0) is 19.8 Å². The van der Waals surface area contributed by atoms with E-state index in [0.717, 1.165) is 5.56 Å². The fourth-order valence-electron chi connectivity index (χ4n) is 3.14. The molecular weight excluding hydrogens is 292 g/mol. The Labute approximate surface area is 137 Å². The Morgan fingerprint density at radius 3 is 2.52 bits per heavy atom. The third-order valence-electron chi connectivity index (χ3n) is 4.57. The number of carbonyl (C=O) groups is 3. The Bertz CT molecular complexity index is 630. The maximum Gasteiger partial charge on any atom is 0.174 e. The third kappa shape index (κ3) is 3.69. The molecule has 0 saturated carbocycles. The van der Waals surface area contributed by atoms with Gasteiger partial charge >= 0.3 is 0 Å². The van der Waals surface area contributed by atoms with Gasteiger partial charge in [-0.15, -0.1) is 0 Å². The van der Waals surface area contributed by atoms with Crippen LogP contribution in [0.4, 0.5) is 0 Å². The number of ketones is 3. The molecule has 0 bridgehead atoms. The second-order valence-electron chi connectivity index (χ2n) is 6.84. The zero-order valence-electron chi connectivity index (χ0n) is 14.2. The molecule has 4 heteroatoms. The van der Waals surface area contributed by atoms with Crippen LogP contribution in [0.25, 0.3) is 0 Å². The third-order valence-corrected chi connectivity index (χ3v) is 4.57.